The molecule has 2 fully saturated rings. The summed E-state index contributed by atoms with van der Waals surface area (Å²) < 4.78 is 0. The summed E-state index contributed by atoms with van der Waals surface area (Å²) in [5.74, 6) is 0.295. The van der Waals surface area contributed by atoms with Crippen LogP contribution in [-0.2, 0) is 4.79 Å². The molecule has 0 bridgehead atoms. The van der Waals surface area contributed by atoms with Crippen molar-refractivity contribution in [3.63, 3.8) is 0 Å². The minimum absolute atomic E-state index is 0.0169. The van der Waals surface area contributed by atoms with Crippen molar-refractivity contribution in [2.24, 2.45) is 5.73 Å². The smallest absolute Gasteiger partial charge is 0.236 e. The molecule has 0 saturated carbocycles. The molecular formula is C13H25N3O. The molecular weight excluding hydrogens is 214 g/mol. The van der Waals surface area contributed by atoms with Gasteiger partial charge in [-0.15, -0.1) is 0 Å². The van der Waals surface area contributed by atoms with E-state index in [0.717, 1.165) is 39.0 Å². The first-order valence-electron chi connectivity index (χ1n) is 6.92. The van der Waals surface area contributed by atoms with Crippen molar-refractivity contribution in [1.29, 1.82) is 0 Å². The quantitative estimate of drug-likeness (QED) is 0.790. The highest BCUT2D eigenvalue weighted by Gasteiger charge is 2.39. The lowest BCUT2D eigenvalue weighted by molar-refractivity contribution is -0.135. The number of carbonyl (C=O) groups is 1. The molecule has 0 unspecified atom stereocenters. The number of carbonyl (C=O) groups excluding carboxylic acids is 1. The molecule has 0 atom stereocenters. The van der Waals surface area contributed by atoms with E-state index < -0.39 is 0 Å². The molecule has 2 saturated heterocycles. The zero-order chi connectivity index (χ0) is 12.3. The van der Waals surface area contributed by atoms with Crippen molar-refractivity contribution < 1.29 is 4.79 Å². The normalized spacial score (nSPS) is 24.5. The first-order chi connectivity index (χ1) is 8.13. The topological polar surface area (TPSA) is 49.6 Å². The second-order valence-electron chi connectivity index (χ2n) is 5.70. The van der Waals surface area contributed by atoms with E-state index in [1.54, 1.807) is 0 Å². The van der Waals surface area contributed by atoms with E-state index in [0.29, 0.717) is 12.5 Å². The number of amides is 1. The van der Waals surface area contributed by atoms with Gasteiger partial charge in [-0.2, -0.15) is 0 Å². The predicted octanol–water partition coefficient (Wildman–Crippen LogP) is 0.812. The van der Waals surface area contributed by atoms with Crippen molar-refractivity contribution >= 4 is 5.91 Å². The van der Waals surface area contributed by atoms with E-state index in [4.69, 9.17) is 5.73 Å². The highest BCUT2D eigenvalue weighted by Crippen LogP contribution is 2.23. The molecule has 17 heavy (non-hydrogen) atoms. The summed E-state index contributed by atoms with van der Waals surface area (Å²) in [6.07, 6.45) is 5.81. The third-order valence-electron chi connectivity index (χ3n) is 3.89. The molecule has 1 amide bonds. The number of nitrogens with two attached hydrogens (primary N) is 1. The molecule has 2 aliphatic rings. The van der Waals surface area contributed by atoms with E-state index in [2.05, 4.69) is 11.8 Å². The fraction of sp³-hybridized carbons (Fsp3) is 0.923. The largest absolute Gasteiger partial charge is 0.342 e. The Morgan fingerprint density at radius 2 is 1.88 bits per heavy atom. The number of rotatable bonds is 4. The van der Waals surface area contributed by atoms with Crippen molar-refractivity contribution in [3.05, 3.63) is 0 Å². The van der Waals surface area contributed by atoms with E-state index >= 15 is 0 Å². The lowest BCUT2D eigenvalue weighted by atomic mass is 9.86. The van der Waals surface area contributed by atoms with Gasteiger partial charge >= 0.3 is 0 Å². The van der Waals surface area contributed by atoms with Gasteiger partial charge < -0.3 is 10.6 Å². The molecule has 2 heterocycles. The Morgan fingerprint density at radius 1 is 1.24 bits per heavy atom. The molecule has 0 radical (unpaired) electrons. The summed E-state index contributed by atoms with van der Waals surface area (Å²) in [5, 5.41) is 0. The third kappa shape index (κ3) is 3.19. The Hall–Kier alpha value is -0.610. The Labute approximate surface area is 104 Å². The van der Waals surface area contributed by atoms with Gasteiger partial charge in [-0.1, -0.05) is 13.3 Å². The molecule has 0 aromatic carbocycles. The van der Waals surface area contributed by atoms with Gasteiger partial charge in [0.2, 0.25) is 5.91 Å². The maximum Gasteiger partial charge on any atom is 0.236 e. The summed E-state index contributed by atoms with van der Waals surface area (Å²) in [5.41, 5.74) is 6.17. The number of piperidine rings is 1. The van der Waals surface area contributed by atoms with Gasteiger partial charge in [0.25, 0.3) is 0 Å². The minimum Gasteiger partial charge on any atom is -0.342 e. The van der Waals surface area contributed by atoms with Crippen LogP contribution in [0.3, 0.4) is 0 Å². The molecule has 98 valence electrons. The van der Waals surface area contributed by atoms with Crippen molar-refractivity contribution in [2.75, 3.05) is 32.7 Å². The van der Waals surface area contributed by atoms with Crippen molar-refractivity contribution in [1.82, 2.24) is 9.80 Å². The average Bonchev–Trinajstić information content (AvgIpc) is 2.28. The third-order valence-corrected chi connectivity index (χ3v) is 3.89. The maximum absolute atomic E-state index is 12.0. The van der Waals surface area contributed by atoms with E-state index in [9.17, 15) is 4.79 Å². The molecule has 4 nitrogen and oxygen atoms in total. The minimum atomic E-state index is -0.0169. The van der Waals surface area contributed by atoms with Crippen LogP contribution in [0.1, 0.15) is 39.0 Å². The van der Waals surface area contributed by atoms with Crippen molar-refractivity contribution in [3.8, 4) is 0 Å². The lowest BCUT2D eigenvalue weighted by Crippen LogP contribution is -2.68. The van der Waals surface area contributed by atoms with Crippen LogP contribution >= 0.6 is 0 Å². The van der Waals surface area contributed by atoms with Crippen LogP contribution in [0.5, 0.6) is 0 Å². The summed E-state index contributed by atoms with van der Waals surface area (Å²) in [4.78, 5) is 16.2. The summed E-state index contributed by atoms with van der Waals surface area (Å²) in [6.45, 7) is 6.42. The second kappa shape index (κ2) is 5.36. The summed E-state index contributed by atoms with van der Waals surface area (Å²) in [6, 6.07) is 0. The zero-order valence-corrected chi connectivity index (χ0v) is 11.0. The number of hydrogen-bond donors (Lipinski definition) is 1. The monoisotopic (exact) mass is 239 g/mol. The van der Waals surface area contributed by atoms with Crippen LogP contribution in [0.4, 0.5) is 0 Å². The molecule has 2 aliphatic heterocycles. The number of nitrogens with zero attached hydrogens (tertiary/aromatic N) is 2. The van der Waals surface area contributed by atoms with Crippen LogP contribution in [0.15, 0.2) is 0 Å². The Bertz CT molecular complexity index is 268. The van der Waals surface area contributed by atoms with Gasteiger partial charge in [0, 0.05) is 31.7 Å². The van der Waals surface area contributed by atoms with Gasteiger partial charge in [0.1, 0.15) is 0 Å². The fourth-order valence-corrected chi connectivity index (χ4v) is 3.05. The highest BCUT2D eigenvalue weighted by molar-refractivity contribution is 5.78. The van der Waals surface area contributed by atoms with Gasteiger partial charge in [-0.3, -0.25) is 9.69 Å². The first-order valence-corrected chi connectivity index (χ1v) is 6.92. The fourth-order valence-electron chi connectivity index (χ4n) is 3.05. The zero-order valence-electron chi connectivity index (χ0n) is 11.0. The first kappa shape index (κ1) is 12.8. The Morgan fingerprint density at radius 3 is 2.47 bits per heavy atom. The van der Waals surface area contributed by atoms with Gasteiger partial charge in [0.15, 0.2) is 0 Å². The summed E-state index contributed by atoms with van der Waals surface area (Å²) >= 11 is 0. The predicted molar refractivity (Wildman–Crippen MR) is 68.7 cm³/mol. The van der Waals surface area contributed by atoms with Gasteiger partial charge in [-0.05, 0) is 25.7 Å². The molecule has 0 aromatic rings. The molecule has 0 spiro atoms. The molecule has 0 aliphatic carbocycles. The van der Waals surface area contributed by atoms with Gasteiger partial charge in [-0.25, -0.2) is 0 Å². The van der Waals surface area contributed by atoms with Crippen molar-refractivity contribution in [2.45, 2.75) is 44.6 Å². The Kier molecular flexibility index (Phi) is 4.05. The van der Waals surface area contributed by atoms with Crippen LogP contribution < -0.4 is 5.73 Å². The van der Waals surface area contributed by atoms with Crippen LogP contribution in [0, 0.1) is 0 Å². The van der Waals surface area contributed by atoms with Crippen LogP contribution in [0.2, 0.25) is 0 Å². The second-order valence-corrected chi connectivity index (χ2v) is 5.70. The average molecular weight is 239 g/mol. The van der Waals surface area contributed by atoms with Gasteiger partial charge in [0.05, 0.1) is 6.54 Å². The number of hydrogen-bond acceptors (Lipinski definition) is 3. The molecule has 4 heteroatoms. The standard InChI is InChI=1S/C13H25N3O/c1-2-6-13(14)10-15(11-13)9-12(17)16-7-4-3-5-8-16/h2-11,14H2,1H3. The van der Waals surface area contributed by atoms with Crippen LogP contribution in [0.25, 0.3) is 0 Å². The SMILES string of the molecule is CCCC1(N)CN(CC(=O)N2CCCCC2)C1. The highest BCUT2D eigenvalue weighted by atomic mass is 16.2. The lowest BCUT2D eigenvalue weighted by Gasteiger charge is -2.48. The van der Waals surface area contributed by atoms with E-state index in [-0.39, 0.29) is 5.54 Å². The molecule has 0 aromatic heterocycles. The van der Waals surface area contributed by atoms with Crippen LogP contribution in [-0.4, -0.2) is 54.0 Å². The molecule has 2 N–H and O–H groups in total. The Balaban J connectivity index is 1.70. The summed E-state index contributed by atoms with van der Waals surface area (Å²) in [7, 11) is 0. The van der Waals surface area contributed by atoms with E-state index in [1.807, 2.05) is 4.90 Å². The number of likely N-dealkylation sites (tertiary alicyclic amines) is 2. The maximum atomic E-state index is 12.0. The molecule has 2 rings (SSSR count). The van der Waals surface area contributed by atoms with E-state index in [1.165, 1.54) is 19.3 Å².